The third-order valence-electron chi connectivity index (χ3n) is 3.51. The molecule has 2 aromatic rings. The molecule has 0 fully saturated rings. The van der Waals surface area contributed by atoms with Crippen LogP contribution in [-0.4, -0.2) is 0 Å². The third-order valence-corrected chi connectivity index (χ3v) is 4.57. The van der Waals surface area contributed by atoms with Crippen molar-refractivity contribution in [2.75, 3.05) is 5.32 Å². The highest BCUT2D eigenvalue weighted by Gasteiger charge is 2.09. The average Bonchev–Trinajstić information content (AvgIpc) is 2.44. The molecule has 0 aromatic heterocycles. The maximum atomic E-state index is 6.19. The molecule has 0 radical (unpaired) electrons. The molecule has 0 aliphatic carbocycles. The molecule has 0 spiro atoms. The molecule has 0 saturated carbocycles. The Labute approximate surface area is 134 Å². The molecule has 106 valence electrons. The topological polar surface area (TPSA) is 12.0 Å². The van der Waals surface area contributed by atoms with E-state index in [0.717, 1.165) is 27.2 Å². The standard InChI is InChI=1S/C17H19BrClN/c1-4-13-5-7-14(8-6-13)12(3)20-17-10-16(19)11(2)9-15(17)18/h5-10,12,20H,4H2,1-3H3. The van der Waals surface area contributed by atoms with Crippen LogP contribution in [0.15, 0.2) is 40.9 Å². The molecule has 2 rings (SSSR count). The molecular formula is C17H19BrClN. The largest absolute Gasteiger partial charge is 0.378 e. The molecule has 0 heterocycles. The lowest BCUT2D eigenvalue weighted by Gasteiger charge is -2.18. The zero-order valence-corrected chi connectivity index (χ0v) is 14.3. The summed E-state index contributed by atoms with van der Waals surface area (Å²) in [5.74, 6) is 0. The van der Waals surface area contributed by atoms with Crippen molar-refractivity contribution in [3.05, 3.63) is 62.6 Å². The molecule has 0 bridgehead atoms. The number of anilines is 1. The van der Waals surface area contributed by atoms with E-state index in [4.69, 9.17) is 11.6 Å². The van der Waals surface area contributed by atoms with Crippen LogP contribution in [0.3, 0.4) is 0 Å². The van der Waals surface area contributed by atoms with Crippen molar-refractivity contribution in [2.45, 2.75) is 33.2 Å². The van der Waals surface area contributed by atoms with Crippen LogP contribution in [0.2, 0.25) is 5.02 Å². The molecule has 2 aromatic carbocycles. The van der Waals surface area contributed by atoms with Gasteiger partial charge in [0.05, 0.1) is 5.69 Å². The Kier molecular flexibility index (Phi) is 5.11. The van der Waals surface area contributed by atoms with Gasteiger partial charge in [-0.15, -0.1) is 0 Å². The number of aryl methyl sites for hydroxylation is 2. The van der Waals surface area contributed by atoms with Crippen LogP contribution in [-0.2, 0) is 6.42 Å². The lowest BCUT2D eigenvalue weighted by molar-refractivity contribution is 0.881. The molecule has 1 atom stereocenters. The van der Waals surface area contributed by atoms with Gasteiger partial charge in [-0.25, -0.2) is 0 Å². The fourth-order valence-corrected chi connectivity index (χ4v) is 2.85. The lowest BCUT2D eigenvalue weighted by Crippen LogP contribution is -2.07. The fourth-order valence-electron chi connectivity index (χ4n) is 2.12. The van der Waals surface area contributed by atoms with Gasteiger partial charge in [0, 0.05) is 15.5 Å². The molecule has 1 unspecified atom stereocenters. The van der Waals surface area contributed by atoms with E-state index in [1.54, 1.807) is 0 Å². The average molecular weight is 353 g/mol. The summed E-state index contributed by atoms with van der Waals surface area (Å²) in [5.41, 5.74) is 4.73. The van der Waals surface area contributed by atoms with Crippen LogP contribution >= 0.6 is 27.5 Å². The molecule has 3 heteroatoms. The van der Waals surface area contributed by atoms with E-state index in [0.29, 0.717) is 0 Å². The first kappa shape index (κ1) is 15.4. The number of hydrogen-bond acceptors (Lipinski definition) is 1. The second-order valence-corrected chi connectivity index (χ2v) is 6.30. The Morgan fingerprint density at radius 3 is 2.45 bits per heavy atom. The van der Waals surface area contributed by atoms with Gasteiger partial charge in [-0.3, -0.25) is 0 Å². The summed E-state index contributed by atoms with van der Waals surface area (Å²) in [5, 5.41) is 4.28. The van der Waals surface area contributed by atoms with Crippen molar-refractivity contribution in [1.29, 1.82) is 0 Å². The van der Waals surface area contributed by atoms with Gasteiger partial charge in [-0.05, 0) is 65.0 Å². The van der Waals surface area contributed by atoms with Crippen LogP contribution in [0.5, 0.6) is 0 Å². The first-order valence-corrected chi connectivity index (χ1v) is 7.99. The first-order valence-electron chi connectivity index (χ1n) is 6.82. The minimum Gasteiger partial charge on any atom is -0.378 e. The van der Waals surface area contributed by atoms with E-state index in [2.05, 4.69) is 59.4 Å². The molecule has 1 N–H and O–H groups in total. The summed E-state index contributed by atoms with van der Waals surface area (Å²) in [6, 6.07) is 13.0. The minimum atomic E-state index is 0.232. The fraction of sp³-hybridized carbons (Fsp3) is 0.294. The Morgan fingerprint density at radius 2 is 1.85 bits per heavy atom. The highest BCUT2D eigenvalue weighted by Crippen LogP contribution is 2.31. The zero-order valence-electron chi connectivity index (χ0n) is 12.0. The van der Waals surface area contributed by atoms with Gasteiger partial charge in [0.25, 0.3) is 0 Å². The minimum absolute atomic E-state index is 0.232. The van der Waals surface area contributed by atoms with Gasteiger partial charge in [0.1, 0.15) is 0 Å². The quantitative estimate of drug-likeness (QED) is 0.696. The molecule has 0 saturated heterocycles. The maximum Gasteiger partial charge on any atom is 0.0504 e. The summed E-state index contributed by atoms with van der Waals surface area (Å²) in [4.78, 5) is 0. The van der Waals surface area contributed by atoms with Crippen molar-refractivity contribution in [3.8, 4) is 0 Å². The number of nitrogens with one attached hydrogen (secondary N) is 1. The second kappa shape index (κ2) is 6.64. The van der Waals surface area contributed by atoms with Crippen LogP contribution < -0.4 is 5.32 Å². The van der Waals surface area contributed by atoms with E-state index in [1.165, 1.54) is 11.1 Å². The SMILES string of the molecule is CCc1ccc(C(C)Nc2cc(Cl)c(C)cc2Br)cc1. The number of rotatable bonds is 4. The van der Waals surface area contributed by atoms with E-state index >= 15 is 0 Å². The van der Waals surface area contributed by atoms with Crippen molar-refractivity contribution in [1.82, 2.24) is 0 Å². The van der Waals surface area contributed by atoms with Gasteiger partial charge in [0.2, 0.25) is 0 Å². The predicted octanol–water partition coefficient (Wildman–Crippen LogP) is 6.15. The molecule has 20 heavy (non-hydrogen) atoms. The van der Waals surface area contributed by atoms with Gasteiger partial charge < -0.3 is 5.32 Å². The summed E-state index contributed by atoms with van der Waals surface area (Å²) < 4.78 is 1.04. The van der Waals surface area contributed by atoms with Gasteiger partial charge in [-0.2, -0.15) is 0 Å². The van der Waals surface area contributed by atoms with Crippen molar-refractivity contribution in [3.63, 3.8) is 0 Å². The Balaban J connectivity index is 2.18. The maximum absolute atomic E-state index is 6.19. The summed E-state index contributed by atoms with van der Waals surface area (Å²) >= 11 is 9.78. The summed E-state index contributed by atoms with van der Waals surface area (Å²) in [7, 11) is 0. The first-order chi connectivity index (χ1) is 9.51. The van der Waals surface area contributed by atoms with Crippen molar-refractivity contribution >= 4 is 33.2 Å². The highest BCUT2D eigenvalue weighted by atomic mass is 79.9. The van der Waals surface area contributed by atoms with Crippen LogP contribution in [0.25, 0.3) is 0 Å². The summed E-state index contributed by atoms with van der Waals surface area (Å²) in [6.07, 6.45) is 1.07. The van der Waals surface area contributed by atoms with Crippen molar-refractivity contribution in [2.24, 2.45) is 0 Å². The Hall–Kier alpha value is -0.990. The zero-order chi connectivity index (χ0) is 14.7. The second-order valence-electron chi connectivity index (χ2n) is 5.04. The molecule has 0 aliphatic rings. The molecular weight excluding hydrogens is 334 g/mol. The Bertz CT molecular complexity index is 593. The molecule has 1 nitrogen and oxygen atoms in total. The number of halogens is 2. The van der Waals surface area contributed by atoms with Crippen LogP contribution in [0.1, 0.15) is 36.6 Å². The summed E-state index contributed by atoms with van der Waals surface area (Å²) in [6.45, 7) is 6.33. The van der Waals surface area contributed by atoms with Gasteiger partial charge >= 0.3 is 0 Å². The smallest absolute Gasteiger partial charge is 0.0504 e. The van der Waals surface area contributed by atoms with E-state index < -0.39 is 0 Å². The van der Waals surface area contributed by atoms with E-state index in [9.17, 15) is 0 Å². The normalized spacial score (nSPS) is 12.2. The molecule has 0 aliphatic heterocycles. The van der Waals surface area contributed by atoms with E-state index in [-0.39, 0.29) is 6.04 Å². The van der Waals surface area contributed by atoms with Crippen LogP contribution in [0.4, 0.5) is 5.69 Å². The lowest BCUT2D eigenvalue weighted by atomic mass is 10.0. The Morgan fingerprint density at radius 1 is 1.20 bits per heavy atom. The van der Waals surface area contributed by atoms with Crippen LogP contribution in [0, 0.1) is 6.92 Å². The number of hydrogen-bond donors (Lipinski definition) is 1. The van der Waals surface area contributed by atoms with E-state index in [1.807, 2.05) is 19.1 Å². The predicted molar refractivity (Wildman–Crippen MR) is 91.7 cm³/mol. The van der Waals surface area contributed by atoms with Gasteiger partial charge in [0.15, 0.2) is 0 Å². The molecule has 0 amide bonds. The van der Waals surface area contributed by atoms with Crippen molar-refractivity contribution < 1.29 is 0 Å². The monoisotopic (exact) mass is 351 g/mol. The third kappa shape index (κ3) is 3.56. The van der Waals surface area contributed by atoms with Gasteiger partial charge in [-0.1, -0.05) is 42.8 Å². The number of benzene rings is 2. The highest BCUT2D eigenvalue weighted by molar-refractivity contribution is 9.10.